The van der Waals surface area contributed by atoms with Gasteiger partial charge in [-0.25, -0.2) is 4.98 Å². The Kier molecular flexibility index (Phi) is 4.36. The number of rotatable bonds is 7. The Hall–Kier alpha value is -2.07. The fourth-order valence-corrected chi connectivity index (χ4v) is 2.09. The Morgan fingerprint density at radius 3 is 2.76 bits per heavy atom. The van der Waals surface area contributed by atoms with Gasteiger partial charge in [0.1, 0.15) is 0 Å². The molecule has 0 saturated heterocycles. The molecule has 2 aromatic rings. The van der Waals surface area contributed by atoms with Gasteiger partial charge in [-0.15, -0.1) is 0 Å². The summed E-state index contributed by atoms with van der Waals surface area (Å²) in [4.78, 5) is 4.27. The summed E-state index contributed by atoms with van der Waals surface area (Å²) in [5.74, 6) is 2.03. The van der Waals surface area contributed by atoms with Crippen LogP contribution in [0.3, 0.4) is 0 Å². The fourth-order valence-electron chi connectivity index (χ4n) is 2.09. The third kappa shape index (κ3) is 3.95. The predicted octanol–water partition coefficient (Wildman–Crippen LogP) is 3.52. The zero-order valence-electron chi connectivity index (χ0n) is 12.2. The molecule has 1 aliphatic carbocycles. The number of hydrogen-bond donors (Lipinski definition) is 1. The van der Waals surface area contributed by atoms with Crippen molar-refractivity contribution >= 4 is 0 Å². The number of aromatic nitrogens is 1. The van der Waals surface area contributed by atoms with E-state index in [1.165, 1.54) is 18.4 Å². The van der Waals surface area contributed by atoms with Crippen LogP contribution in [-0.2, 0) is 6.54 Å². The van der Waals surface area contributed by atoms with Crippen molar-refractivity contribution < 1.29 is 9.47 Å². The van der Waals surface area contributed by atoms with Crippen molar-refractivity contribution in [2.75, 3.05) is 6.61 Å². The van der Waals surface area contributed by atoms with Gasteiger partial charge in [0.2, 0.25) is 5.88 Å². The summed E-state index contributed by atoms with van der Waals surface area (Å²) >= 11 is 0. The summed E-state index contributed by atoms with van der Waals surface area (Å²) < 4.78 is 11.4. The summed E-state index contributed by atoms with van der Waals surface area (Å²) in [5, 5.41) is 3.49. The van der Waals surface area contributed by atoms with E-state index in [9.17, 15) is 0 Å². The van der Waals surface area contributed by atoms with Crippen LogP contribution in [0.2, 0.25) is 0 Å². The summed E-state index contributed by atoms with van der Waals surface area (Å²) in [6.07, 6.45) is 4.36. The van der Waals surface area contributed by atoms with Crippen LogP contribution in [0.4, 0.5) is 0 Å². The van der Waals surface area contributed by atoms with E-state index in [1.807, 2.05) is 43.3 Å². The monoisotopic (exact) mass is 284 g/mol. The first-order valence-electron chi connectivity index (χ1n) is 7.43. The van der Waals surface area contributed by atoms with Crippen LogP contribution >= 0.6 is 0 Å². The Labute approximate surface area is 125 Å². The van der Waals surface area contributed by atoms with Crippen molar-refractivity contribution in [1.29, 1.82) is 0 Å². The molecule has 0 unspecified atom stereocenters. The maximum absolute atomic E-state index is 5.86. The van der Waals surface area contributed by atoms with Crippen molar-refractivity contribution in [2.45, 2.75) is 32.4 Å². The summed E-state index contributed by atoms with van der Waals surface area (Å²) in [6, 6.07) is 12.3. The number of pyridine rings is 1. The zero-order valence-corrected chi connectivity index (χ0v) is 12.2. The first kappa shape index (κ1) is 13.9. The molecule has 1 aromatic carbocycles. The van der Waals surface area contributed by atoms with Gasteiger partial charge >= 0.3 is 0 Å². The van der Waals surface area contributed by atoms with Gasteiger partial charge in [0.25, 0.3) is 0 Å². The van der Waals surface area contributed by atoms with Crippen LogP contribution in [-0.4, -0.2) is 17.6 Å². The molecule has 4 nitrogen and oxygen atoms in total. The van der Waals surface area contributed by atoms with Gasteiger partial charge in [-0.05, 0) is 43.5 Å². The molecule has 1 heterocycles. The van der Waals surface area contributed by atoms with E-state index in [-0.39, 0.29) is 0 Å². The van der Waals surface area contributed by atoms with Crippen molar-refractivity contribution in [3.63, 3.8) is 0 Å². The molecule has 0 aliphatic heterocycles. The lowest BCUT2D eigenvalue weighted by Crippen LogP contribution is -2.15. The van der Waals surface area contributed by atoms with Crippen LogP contribution < -0.4 is 14.8 Å². The maximum atomic E-state index is 5.86. The van der Waals surface area contributed by atoms with Gasteiger partial charge in [-0.3, -0.25) is 0 Å². The SMILES string of the molecule is CCOc1ccccc1Oc1cc(CNC2CC2)ccn1. The molecule has 0 spiro atoms. The fraction of sp³-hybridized carbons (Fsp3) is 0.353. The standard InChI is InChI=1S/C17H20N2O2/c1-2-20-15-5-3-4-6-16(15)21-17-11-13(9-10-18-17)12-19-14-7-8-14/h3-6,9-11,14,19H,2,7-8,12H2,1H3. The zero-order chi connectivity index (χ0) is 14.5. The van der Waals surface area contributed by atoms with Crippen LogP contribution in [0, 0.1) is 0 Å². The average Bonchev–Trinajstić information content (AvgIpc) is 3.32. The number of hydrogen-bond acceptors (Lipinski definition) is 4. The normalized spacial score (nSPS) is 14.0. The number of nitrogens with one attached hydrogen (secondary N) is 1. The summed E-state index contributed by atoms with van der Waals surface area (Å²) in [7, 11) is 0. The molecule has 0 amide bonds. The molecule has 0 radical (unpaired) electrons. The lowest BCUT2D eigenvalue weighted by molar-refractivity contribution is 0.319. The molecule has 21 heavy (non-hydrogen) atoms. The highest BCUT2D eigenvalue weighted by Crippen LogP contribution is 2.30. The first-order valence-corrected chi connectivity index (χ1v) is 7.43. The Morgan fingerprint density at radius 2 is 2.00 bits per heavy atom. The van der Waals surface area contributed by atoms with E-state index in [2.05, 4.69) is 10.3 Å². The van der Waals surface area contributed by atoms with Gasteiger partial charge in [-0.1, -0.05) is 12.1 Å². The van der Waals surface area contributed by atoms with Crippen molar-refractivity contribution in [3.8, 4) is 17.4 Å². The number of nitrogens with zero attached hydrogens (tertiary/aromatic N) is 1. The van der Waals surface area contributed by atoms with Gasteiger partial charge in [0.05, 0.1) is 6.61 Å². The van der Waals surface area contributed by atoms with Crippen LogP contribution in [0.5, 0.6) is 17.4 Å². The molecule has 1 fully saturated rings. The molecule has 1 N–H and O–H groups in total. The van der Waals surface area contributed by atoms with E-state index >= 15 is 0 Å². The Balaban J connectivity index is 1.70. The van der Waals surface area contributed by atoms with E-state index in [0.717, 1.165) is 12.3 Å². The molecular weight excluding hydrogens is 264 g/mol. The van der Waals surface area contributed by atoms with E-state index in [4.69, 9.17) is 9.47 Å². The van der Waals surface area contributed by atoms with Crippen LogP contribution in [0.25, 0.3) is 0 Å². The summed E-state index contributed by atoms with van der Waals surface area (Å²) in [5.41, 5.74) is 1.18. The van der Waals surface area contributed by atoms with E-state index in [1.54, 1.807) is 6.20 Å². The molecule has 0 bridgehead atoms. The second kappa shape index (κ2) is 6.59. The minimum Gasteiger partial charge on any atom is -0.490 e. The molecule has 1 aromatic heterocycles. The predicted molar refractivity (Wildman–Crippen MR) is 81.8 cm³/mol. The molecule has 3 rings (SSSR count). The van der Waals surface area contributed by atoms with E-state index in [0.29, 0.717) is 24.3 Å². The minimum atomic E-state index is 0.595. The molecule has 1 aliphatic rings. The largest absolute Gasteiger partial charge is 0.490 e. The van der Waals surface area contributed by atoms with Crippen molar-refractivity contribution in [1.82, 2.24) is 10.3 Å². The lowest BCUT2D eigenvalue weighted by atomic mass is 10.2. The van der Waals surface area contributed by atoms with Gasteiger partial charge in [0, 0.05) is 24.8 Å². The number of ether oxygens (including phenoxy) is 2. The van der Waals surface area contributed by atoms with Crippen LogP contribution in [0.15, 0.2) is 42.6 Å². The lowest BCUT2D eigenvalue weighted by Gasteiger charge is -2.11. The Morgan fingerprint density at radius 1 is 1.19 bits per heavy atom. The molecule has 0 atom stereocenters. The molecule has 1 saturated carbocycles. The van der Waals surface area contributed by atoms with Crippen molar-refractivity contribution in [3.05, 3.63) is 48.2 Å². The first-order chi connectivity index (χ1) is 10.3. The molecule has 110 valence electrons. The van der Waals surface area contributed by atoms with Gasteiger partial charge < -0.3 is 14.8 Å². The summed E-state index contributed by atoms with van der Waals surface area (Å²) in [6.45, 7) is 3.43. The maximum Gasteiger partial charge on any atom is 0.219 e. The molecule has 4 heteroatoms. The van der Waals surface area contributed by atoms with Crippen molar-refractivity contribution in [2.24, 2.45) is 0 Å². The smallest absolute Gasteiger partial charge is 0.219 e. The Bertz CT molecular complexity index is 597. The second-order valence-electron chi connectivity index (χ2n) is 5.14. The molecular formula is C17H20N2O2. The van der Waals surface area contributed by atoms with Gasteiger partial charge in [0.15, 0.2) is 11.5 Å². The number of benzene rings is 1. The highest BCUT2D eigenvalue weighted by atomic mass is 16.5. The average molecular weight is 284 g/mol. The van der Waals surface area contributed by atoms with Gasteiger partial charge in [-0.2, -0.15) is 0 Å². The third-order valence-electron chi connectivity index (χ3n) is 3.33. The minimum absolute atomic E-state index is 0.595. The third-order valence-corrected chi connectivity index (χ3v) is 3.33. The topological polar surface area (TPSA) is 43.4 Å². The quantitative estimate of drug-likeness (QED) is 0.844. The highest BCUT2D eigenvalue weighted by Gasteiger charge is 2.20. The van der Waals surface area contributed by atoms with E-state index < -0.39 is 0 Å². The second-order valence-corrected chi connectivity index (χ2v) is 5.14. The highest BCUT2D eigenvalue weighted by molar-refractivity contribution is 5.41. The number of para-hydroxylation sites is 2. The van der Waals surface area contributed by atoms with Crippen LogP contribution in [0.1, 0.15) is 25.3 Å².